The molecule has 1 heterocycles. The molecule has 25 heavy (non-hydrogen) atoms. The number of benzene rings is 2. The second-order valence-electron chi connectivity index (χ2n) is 6.30. The predicted octanol–water partition coefficient (Wildman–Crippen LogP) is 4.88. The number of aromatic nitrogens is 2. The third kappa shape index (κ3) is 3.63. The van der Waals surface area contributed by atoms with Gasteiger partial charge >= 0.3 is 0 Å². The van der Waals surface area contributed by atoms with Gasteiger partial charge in [-0.25, -0.2) is 9.97 Å². The van der Waals surface area contributed by atoms with Crippen LogP contribution in [0.4, 0.5) is 17.3 Å². The smallest absolute Gasteiger partial charge is 0.163 e. The number of hydrogen-bond donors (Lipinski definition) is 1. The van der Waals surface area contributed by atoms with E-state index in [1.54, 1.807) is 0 Å². The molecule has 0 aliphatic heterocycles. The monoisotopic (exact) mass is 330 g/mol. The first-order valence-electron chi connectivity index (χ1n) is 8.87. The Hall–Kier alpha value is -2.88. The maximum Gasteiger partial charge on any atom is 0.163 e. The van der Waals surface area contributed by atoms with Crippen molar-refractivity contribution < 1.29 is 0 Å². The zero-order chi connectivity index (χ0) is 17.1. The summed E-state index contributed by atoms with van der Waals surface area (Å²) in [5, 5.41) is 3.52. The van der Waals surface area contributed by atoms with Crippen molar-refractivity contribution in [1.29, 1.82) is 0 Å². The topological polar surface area (TPSA) is 41.0 Å². The maximum absolute atomic E-state index is 4.85. The molecule has 126 valence electrons. The molecule has 0 saturated heterocycles. The van der Waals surface area contributed by atoms with Gasteiger partial charge in [0.15, 0.2) is 5.82 Å². The van der Waals surface area contributed by atoms with Crippen molar-refractivity contribution in [3.63, 3.8) is 0 Å². The molecule has 0 spiro atoms. The summed E-state index contributed by atoms with van der Waals surface area (Å²) in [5.41, 5.74) is 2.17. The van der Waals surface area contributed by atoms with Gasteiger partial charge in [-0.3, -0.25) is 0 Å². The third-order valence-corrected chi connectivity index (χ3v) is 4.33. The zero-order valence-corrected chi connectivity index (χ0v) is 14.4. The Morgan fingerprint density at radius 2 is 1.64 bits per heavy atom. The summed E-state index contributed by atoms with van der Waals surface area (Å²) in [4.78, 5) is 11.8. The molecular formula is C21H22N4. The summed E-state index contributed by atoms with van der Waals surface area (Å²) in [7, 11) is 0. The van der Waals surface area contributed by atoms with Gasteiger partial charge in [0, 0.05) is 29.9 Å². The lowest BCUT2D eigenvalue weighted by Gasteiger charge is -2.23. The van der Waals surface area contributed by atoms with Gasteiger partial charge in [-0.1, -0.05) is 48.5 Å². The van der Waals surface area contributed by atoms with E-state index in [-0.39, 0.29) is 0 Å². The quantitative estimate of drug-likeness (QED) is 0.699. The van der Waals surface area contributed by atoms with Crippen LogP contribution in [0.25, 0.3) is 11.4 Å². The predicted molar refractivity (Wildman–Crippen MR) is 103 cm³/mol. The molecule has 4 rings (SSSR count). The van der Waals surface area contributed by atoms with Crippen LogP contribution in [0.3, 0.4) is 0 Å². The van der Waals surface area contributed by atoms with Crippen LogP contribution < -0.4 is 10.2 Å². The Balaban J connectivity index is 1.77. The number of para-hydroxylation sites is 1. The van der Waals surface area contributed by atoms with Gasteiger partial charge in [0.05, 0.1) is 0 Å². The van der Waals surface area contributed by atoms with E-state index >= 15 is 0 Å². The van der Waals surface area contributed by atoms with E-state index < -0.39 is 0 Å². The molecule has 3 aromatic rings. The second kappa shape index (κ2) is 6.93. The van der Waals surface area contributed by atoms with Crippen LogP contribution in [-0.4, -0.2) is 22.6 Å². The van der Waals surface area contributed by atoms with Gasteiger partial charge in [0.1, 0.15) is 11.6 Å². The Labute approximate surface area is 148 Å². The minimum Gasteiger partial charge on any atom is -0.367 e. The number of nitrogens with one attached hydrogen (secondary N) is 1. The SMILES string of the molecule is CCN(c1ccccc1)c1cc(NC2CC2)nc(-c2ccccc2)n1. The van der Waals surface area contributed by atoms with Gasteiger partial charge in [0.25, 0.3) is 0 Å². The number of anilines is 3. The average Bonchev–Trinajstić information content (AvgIpc) is 3.48. The fraction of sp³-hybridized carbons (Fsp3) is 0.238. The molecule has 0 amide bonds. The van der Waals surface area contributed by atoms with E-state index in [0.717, 1.165) is 35.3 Å². The van der Waals surface area contributed by atoms with E-state index in [4.69, 9.17) is 9.97 Å². The molecule has 1 fully saturated rings. The van der Waals surface area contributed by atoms with Crippen LogP contribution in [0.1, 0.15) is 19.8 Å². The fourth-order valence-electron chi connectivity index (χ4n) is 2.88. The first kappa shape index (κ1) is 15.6. The number of nitrogens with zero attached hydrogens (tertiary/aromatic N) is 3. The van der Waals surface area contributed by atoms with Crippen LogP contribution in [0.2, 0.25) is 0 Å². The summed E-state index contributed by atoms with van der Waals surface area (Å²) in [6, 6.07) is 23.1. The molecule has 0 atom stereocenters. The molecule has 2 aromatic carbocycles. The summed E-state index contributed by atoms with van der Waals surface area (Å²) in [5.74, 6) is 2.59. The van der Waals surface area contributed by atoms with Crippen molar-refractivity contribution in [1.82, 2.24) is 9.97 Å². The van der Waals surface area contributed by atoms with Crippen LogP contribution in [-0.2, 0) is 0 Å². The maximum atomic E-state index is 4.85. The van der Waals surface area contributed by atoms with Crippen molar-refractivity contribution in [3.8, 4) is 11.4 Å². The molecule has 1 aliphatic rings. The second-order valence-corrected chi connectivity index (χ2v) is 6.30. The third-order valence-electron chi connectivity index (χ3n) is 4.33. The van der Waals surface area contributed by atoms with E-state index in [9.17, 15) is 0 Å². The van der Waals surface area contributed by atoms with E-state index in [1.165, 1.54) is 12.8 Å². The zero-order valence-electron chi connectivity index (χ0n) is 14.4. The van der Waals surface area contributed by atoms with Gasteiger partial charge in [-0.05, 0) is 31.9 Å². The summed E-state index contributed by atoms with van der Waals surface area (Å²) in [6.45, 7) is 2.99. The van der Waals surface area contributed by atoms with Crippen LogP contribution in [0.5, 0.6) is 0 Å². The molecule has 1 N–H and O–H groups in total. The van der Waals surface area contributed by atoms with Crippen molar-refractivity contribution in [2.75, 3.05) is 16.8 Å². The molecular weight excluding hydrogens is 308 g/mol. The lowest BCUT2D eigenvalue weighted by Crippen LogP contribution is -2.18. The van der Waals surface area contributed by atoms with Crippen LogP contribution >= 0.6 is 0 Å². The highest BCUT2D eigenvalue weighted by atomic mass is 15.2. The van der Waals surface area contributed by atoms with Crippen molar-refractivity contribution in [2.24, 2.45) is 0 Å². The molecule has 0 bridgehead atoms. The summed E-state index contributed by atoms with van der Waals surface area (Å²) >= 11 is 0. The highest BCUT2D eigenvalue weighted by Gasteiger charge is 2.22. The first-order valence-corrected chi connectivity index (χ1v) is 8.87. The first-order chi connectivity index (χ1) is 12.3. The Kier molecular flexibility index (Phi) is 4.34. The van der Waals surface area contributed by atoms with Gasteiger partial charge in [-0.2, -0.15) is 0 Å². The molecule has 4 heteroatoms. The number of hydrogen-bond acceptors (Lipinski definition) is 4. The molecule has 1 saturated carbocycles. The normalized spacial score (nSPS) is 13.5. The van der Waals surface area contributed by atoms with Gasteiger partial charge < -0.3 is 10.2 Å². The molecule has 4 nitrogen and oxygen atoms in total. The average molecular weight is 330 g/mol. The van der Waals surface area contributed by atoms with Crippen LogP contribution in [0, 0.1) is 0 Å². The highest BCUT2D eigenvalue weighted by molar-refractivity contribution is 5.67. The largest absolute Gasteiger partial charge is 0.367 e. The van der Waals surface area contributed by atoms with E-state index in [2.05, 4.69) is 59.6 Å². The minimum absolute atomic E-state index is 0.554. The fourth-order valence-corrected chi connectivity index (χ4v) is 2.88. The van der Waals surface area contributed by atoms with Crippen molar-refractivity contribution in [2.45, 2.75) is 25.8 Å². The Bertz CT molecular complexity index is 829. The summed E-state index contributed by atoms with van der Waals surface area (Å²) < 4.78 is 0. The molecule has 0 unspecified atom stereocenters. The lowest BCUT2D eigenvalue weighted by molar-refractivity contribution is 0.975. The Morgan fingerprint density at radius 3 is 2.28 bits per heavy atom. The molecule has 1 aromatic heterocycles. The number of rotatable bonds is 6. The van der Waals surface area contributed by atoms with Crippen LogP contribution in [0.15, 0.2) is 66.7 Å². The molecule has 1 aliphatic carbocycles. The minimum atomic E-state index is 0.554. The van der Waals surface area contributed by atoms with Gasteiger partial charge in [0.2, 0.25) is 0 Å². The van der Waals surface area contributed by atoms with Crippen molar-refractivity contribution in [3.05, 3.63) is 66.7 Å². The van der Waals surface area contributed by atoms with E-state index in [0.29, 0.717) is 6.04 Å². The lowest BCUT2D eigenvalue weighted by atomic mass is 10.2. The van der Waals surface area contributed by atoms with Gasteiger partial charge in [-0.15, -0.1) is 0 Å². The highest BCUT2D eigenvalue weighted by Crippen LogP contribution is 2.30. The Morgan fingerprint density at radius 1 is 0.960 bits per heavy atom. The summed E-state index contributed by atoms with van der Waals surface area (Å²) in [6.07, 6.45) is 2.44. The molecule has 0 radical (unpaired) electrons. The standard InChI is InChI=1S/C21H22N4/c1-2-25(18-11-7-4-8-12-18)20-15-19(22-17-13-14-17)23-21(24-20)16-9-5-3-6-10-16/h3-12,15,17H,2,13-14H2,1H3,(H,22,23,24). The van der Waals surface area contributed by atoms with Crippen molar-refractivity contribution >= 4 is 17.3 Å². The van der Waals surface area contributed by atoms with E-state index in [1.807, 2.05) is 24.3 Å².